The summed E-state index contributed by atoms with van der Waals surface area (Å²) in [5.74, 6) is 0.100. The number of thioether (sulfide) groups is 1. The number of carbonyl (C=O) groups is 2. The van der Waals surface area contributed by atoms with Crippen molar-refractivity contribution in [3.05, 3.63) is 82.2 Å². The van der Waals surface area contributed by atoms with Crippen molar-refractivity contribution in [1.82, 2.24) is 0 Å². The summed E-state index contributed by atoms with van der Waals surface area (Å²) < 4.78 is 5.04. The highest BCUT2D eigenvalue weighted by Gasteiger charge is 2.12. The maximum absolute atomic E-state index is 12.3. The number of furan rings is 1. The van der Waals surface area contributed by atoms with E-state index in [4.69, 9.17) is 27.6 Å². The van der Waals surface area contributed by atoms with E-state index in [-0.39, 0.29) is 23.2 Å². The van der Waals surface area contributed by atoms with E-state index in [0.717, 1.165) is 4.90 Å². The van der Waals surface area contributed by atoms with Crippen molar-refractivity contribution in [1.29, 1.82) is 0 Å². The van der Waals surface area contributed by atoms with Gasteiger partial charge in [-0.2, -0.15) is 0 Å². The molecule has 2 aromatic carbocycles. The van der Waals surface area contributed by atoms with Gasteiger partial charge in [0.2, 0.25) is 0 Å². The van der Waals surface area contributed by atoms with Gasteiger partial charge < -0.3 is 9.73 Å². The molecule has 0 spiro atoms. The van der Waals surface area contributed by atoms with Gasteiger partial charge in [-0.15, -0.1) is 11.8 Å². The second kappa shape index (κ2) is 8.45. The molecule has 0 unspecified atom stereocenters. The van der Waals surface area contributed by atoms with E-state index in [9.17, 15) is 9.59 Å². The Morgan fingerprint density at radius 1 is 1.04 bits per heavy atom. The Morgan fingerprint density at radius 3 is 2.46 bits per heavy atom. The van der Waals surface area contributed by atoms with Crippen LogP contribution in [0, 0.1) is 0 Å². The van der Waals surface area contributed by atoms with E-state index in [2.05, 4.69) is 5.32 Å². The van der Waals surface area contributed by atoms with Gasteiger partial charge in [0, 0.05) is 21.2 Å². The van der Waals surface area contributed by atoms with Crippen LogP contribution in [0.4, 0.5) is 5.69 Å². The first-order valence-electron chi connectivity index (χ1n) is 7.59. The summed E-state index contributed by atoms with van der Waals surface area (Å²) in [5, 5.41) is 3.57. The Morgan fingerprint density at radius 2 is 1.81 bits per heavy atom. The highest BCUT2D eigenvalue weighted by molar-refractivity contribution is 8.00. The summed E-state index contributed by atoms with van der Waals surface area (Å²) in [6, 6.07) is 15.3. The minimum Gasteiger partial charge on any atom is -0.459 e. The number of anilines is 1. The molecule has 0 aliphatic carbocycles. The number of hydrogen-bond donors (Lipinski definition) is 1. The Kier molecular flexibility index (Phi) is 6.04. The molecule has 1 amide bonds. The molecule has 7 heteroatoms. The van der Waals surface area contributed by atoms with Crippen molar-refractivity contribution in [2.45, 2.75) is 4.90 Å². The number of halogens is 2. The Bertz CT molecular complexity index is 924. The number of nitrogens with one attached hydrogen (secondary N) is 1. The topological polar surface area (TPSA) is 59.3 Å². The number of benzene rings is 2. The number of carbonyl (C=O) groups excluding carboxylic acids is 2. The summed E-state index contributed by atoms with van der Waals surface area (Å²) in [4.78, 5) is 25.1. The van der Waals surface area contributed by atoms with Crippen molar-refractivity contribution >= 4 is 52.3 Å². The van der Waals surface area contributed by atoms with E-state index < -0.39 is 0 Å². The number of ketones is 1. The zero-order chi connectivity index (χ0) is 18.5. The summed E-state index contributed by atoms with van der Waals surface area (Å²) in [6.07, 6.45) is 1.44. The lowest BCUT2D eigenvalue weighted by molar-refractivity contribution is 0.0994. The lowest BCUT2D eigenvalue weighted by Gasteiger charge is -2.06. The molecule has 1 N–H and O–H groups in total. The molecular weight excluding hydrogens is 393 g/mol. The van der Waals surface area contributed by atoms with Gasteiger partial charge in [-0.05, 0) is 54.6 Å². The summed E-state index contributed by atoms with van der Waals surface area (Å²) in [6.45, 7) is 0. The highest BCUT2D eigenvalue weighted by Crippen LogP contribution is 2.25. The van der Waals surface area contributed by atoms with E-state index in [1.54, 1.807) is 42.5 Å². The molecule has 1 heterocycles. The van der Waals surface area contributed by atoms with Gasteiger partial charge in [-0.3, -0.25) is 9.59 Å². The molecule has 132 valence electrons. The minimum atomic E-state index is -0.317. The predicted molar refractivity (Wildman–Crippen MR) is 105 cm³/mol. The molecule has 26 heavy (non-hydrogen) atoms. The smallest absolute Gasteiger partial charge is 0.291 e. The second-order valence-electron chi connectivity index (χ2n) is 5.29. The average Bonchev–Trinajstić information content (AvgIpc) is 3.16. The maximum atomic E-state index is 12.3. The fourth-order valence-corrected chi connectivity index (χ4v) is 3.47. The first-order valence-corrected chi connectivity index (χ1v) is 9.33. The zero-order valence-corrected chi connectivity index (χ0v) is 15.7. The van der Waals surface area contributed by atoms with Gasteiger partial charge >= 0.3 is 0 Å². The second-order valence-corrected chi connectivity index (χ2v) is 7.18. The number of rotatable bonds is 6. The van der Waals surface area contributed by atoms with Gasteiger partial charge in [0.05, 0.1) is 17.0 Å². The van der Waals surface area contributed by atoms with Gasteiger partial charge in [0.15, 0.2) is 11.5 Å². The lowest BCUT2D eigenvalue weighted by atomic mass is 10.1. The number of amides is 1. The summed E-state index contributed by atoms with van der Waals surface area (Å²) in [7, 11) is 0. The molecule has 1 aromatic heterocycles. The number of Topliss-reactive ketones (excluding diaryl/α,β-unsaturated/α-hetero) is 1. The van der Waals surface area contributed by atoms with Crippen LogP contribution < -0.4 is 5.32 Å². The van der Waals surface area contributed by atoms with Crippen LogP contribution in [0.2, 0.25) is 10.0 Å². The molecule has 0 fully saturated rings. The molecule has 3 aromatic rings. The van der Waals surface area contributed by atoms with Crippen LogP contribution in [0.3, 0.4) is 0 Å². The Balaban J connectivity index is 1.57. The largest absolute Gasteiger partial charge is 0.459 e. The van der Waals surface area contributed by atoms with E-state index in [1.165, 1.54) is 18.0 Å². The van der Waals surface area contributed by atoms with Crippen molar-refractivity contribution in [2.75, 3.05) is 11.1 Å². The predicted octanol–water partition coefficient (Wildman–Crippen LogP) is 5.81. The molecule has 0 saturated carbocycles. The maximum Gasteiger partial charge on any atom is 0.291 e. The first-order chi connectivity index (χ1) is 12.5. The quantitative estimate of drug-likeness (QED) is 0.414. The lowest BCUT2D eigenvalue weighted by Crippen LogP contribution is -2.10. The van der Waals surface area contributed by atoms with Crippen LogP contribution in [0.1, 0.15) is 20.9 Å². The third-order valence-corrected chi connectivity index (χ3v) is 5.02. The Labute approximate surface area is 164 Å². The minimum absolute atomic E-state index is 0.0770. The highest BCUT2D eigenvalue weighted by atomic mass is 35.5. The monoisotopic (exact) mass is 405 g/mol. The van der Waals surface area contributed by atoms with Crippen LogP contribution >= 0.6 is 35.0 Å². The van der Waals surface area contributed by atoms with Crippen LogP contribution in [-0.2, 0) is 0 Å². The van der Waals surface area contributed by atoms with Gasteiger partial charge in [-0.25, -0.2) is 0 Å². The molecule has 0 aliphatic heterocycles. The zero-order valence-electron chi connectivity index (χ0n) is 13.4. The van der Waals surface area contributed by atoms with E-state index in [1.807, 2.05) is 12.1 Å². The third kappa shape index (κ3) is 4.69. The standard InChI is InChI=1S/C19H13Cl2NO3S/c20-12-3-8-15(16(21)10-12)17(23)11-26-14-6-4-13(5-7-14)22-19(24)18-2-1-9-25-18/h1-10H,11H2,(H,22,24). The van der Waals surface area contributed by atoms with Gasteiger partial charge in [0.25, 0.3) is 5.91 Å². The van der Waals surface area contributed by atoms with Crippen molar-refractivity contribution in [3.63, 3.8) is 0 Å². The molecule has 3 rings (SSSR count). The van der Waals surface area contributed by atoms with Crippen LogP contribution in [0.15, 0.2) is 70.2 Å². The molecule has 4 nitrogen and oxygen atoms in total. The summed E-state index contributed by atoms with van der Waals surface area (Å²) in [5.41, 5.74) is 1.09. The molecule has 0 saturated heterocycles. The summed E-state index contributed by atoms with van der Waals surface area (Å²) >= 11 is 13.3. The van der Waals surface area contributed by atoms with E-state index >= 15 is 0 Å². The fourth-order valence-electron chi connectivity index (χ4n) is 2.18. The molecule has 0 aliphatic rings. The van der Waals surface area contributed by atoms with Crippen LogP contribution in [-0.4, -0.2) is 17.4 Å². The normalized spacial score (nSPS) is 10.5. The molecule has 0 bridgehead atoms. The molecular formula is C19H13Cl2NO3S. The van der Waals surface area contributed by atoms with Crippen LogP contribution in [0.5, 0.6) is 0 Å². The SMILES string of the molecule is O=C(Nc1ccc(SCC(=O)c2ccc(Cl)cc2Cl)cc1)c1ccco1. The van der Waals surface area contributed by atoms with Crippen LogP contribution in [0.25, 0.3) is 0 Å². The van der Waals surface area contributed by atoms with Crippen molar-refractivity contribution in [2.24, 2.45) is 0 Å². The molecule has 0 radical (unpaired) electrons. The van der Waals surface area contributed by atoms with E-state index in [0.29, 0.717) is 21.3 Å². The van der Waals surface area contributed by atoms with Crippen molar-refractivity contribution < 1.29 is 14.0 Å². The Hall–Kier alpha value is -2.21. The molecule has 0 atom stereocenters. The van der Waals surface area contributed by atoms with Gasteiger partial charge in [-0.1, -0.05) is 23.2 Å². The van der Waals surface area contributed by atoms with Gasteiger partial charge in [0.1, 0.15) is 0 Å². The first kappa shape index (κ1) is 18.6. The fraction of sp³-hybridized carbons (Fsp3) is 0.0526. The average molecular weight is 406 g/mol. The number of hydrogen-bond acceptors (Lipinski definition) is 4. The third-order valence-electron chi connectivity index (χ3n) is 3.46. The van der Waals surface area contributed by atoms with Crippen molar-refractivity contribution in [3.8, 4) is 0 Å².